The van der Waals surface area contributed by atoms with E-state index in [1.165, 1.54) is 37.4 Å². The topological polar surface area (TPSA) is 58.6 Å². The summed E-state index contributed by atoms with van der Waals surface area (Å²) in [6.07, 6.45) is 0. The van der Waals surface area contributed by atoms with Gasteiger partial charge in [0.05, 0.1) is 17.1 Å². The van der Waals surface area contributed by atoms with Crippen LogP contribution in [0.2, 0.25) is 0 Å². The van der Waals surface area contributed by atoms with Crippen LogP contribution in [0.5, 0.6) is 11.5 Å². The van der Waals surface area contributed by atoms with Crippen LogP contribution in [0.25, 0.3) is 0 Å². The minimum Gasteiger partial charge on any atom is -0.504 e. The van der Waals surface area contributed by atoms with Gasteiger partial charge in [0.25, 0.3) is 5.91 Å². The van der Waals surface area contributed by atoms with Gasteiger partial charge in [-0.05, 0) is 40.2 Å². The quantitative estimate of drug-likeness (QED) is 0.898. The van der Waals surface area contributed by atoms with Gasteiger partial charge in [0.1, 0.15) is 5.82 Å². The largest absolute Gasteiger partial charge is 0.504 e. The fourth-order valence-electron chi connectivity index (χ4n) is 1.65. The third kappa shape index (κ3) is 2.91. The molecule has 0 saturated heterocycles. The zero-order valence-corrected chi connectivity index (χ0v) is 12.1. The van der Waals surface area contributed by atoms with Gasteiger partial charge in [-0.1, -0.05) is 6.07 Å². The van der Waals surface area contributed by atoms with Crippen molar-refractivity contribution in [1.82, 2.24) is 0 Å². The number of anilines is 1. The Morgan fingerprint density at radius 3 is 2.75 bits per heavy atom. The highest BCUT2D eigenvalue weighted by atomic mass is 79.9. The molecular formula is C14H11BrFNO3. The van der Waals surface area contributed by atoms with E-state index >= 15 is 0 Å². The molecule has 20 heavy (non-hydrogen) atoms. The molecule has 0 aliphatic carbocycles. The van der Waals surface area contributed by atoms with Gasteiger partial charge in [0, 0.05) is 11.8 Å². The lowest BCUT2D eigenvalue weighted by molar-refractivity contribution is 0.102. The first-order chi connectivity index (χ1) is 9.52. The highest BCUT2D eigenvalue weighted by Crippen LogP contribution is 2.29. The van der Waals surface area contributed by atoms with Crippen molar-refractivity contribution < 1.29 is 19.0 Å². The number of phenols is 1. The predicted molar refractivity (Wildman–Crippen MR) is 76.7 cm³/mol. The Kier molecular flexibility index (Phi) is 4.24. The van der Waals surface area contributed by atoms with Crippen LogP contribution in [0.1, 0.15) is 10.4 Å². The summed E-state index contributed by atoms with van der Waals surface area (Å²) < 4.78 is 18.4. The minimum atomic E-state index is -0.518. The van der Waals surface area contributed by atoms with Gasteiger partial charge in [0.2, 0.25) is 0 Å². The van der Waals surface area contributed by atoms with Gasteiger partial charge < -0.3 is 15.2 Å². The van der Waals surface area contributed by atoms with E-state index in [-0.39, 0.29) is 15.8 Å². The maximum absolute atomic E-state index is 13.4. The van der Waals surface area contributed by atoms with Gasteiger partial charge in [-0.2, -0.15) is 0 Å². The fourth-order valence-corrected chi connectivity index (χ4v) is 2.09. The molecule has 0 saturated carbocycles. The maximum atomic E-state index is 13.4. The second-order valence-electron chi connectivity index (χ2n) is 3.94. The van der Waals surface area contributed by atoms with E-state index in [0.717, 1.165) is 0 Å². The molecule has 0 aliphatic rings. The molecular weight excluding hydrogens is 329 g/mol. The summed E-state index contributed by atoms with van der Waals surface area (Å²) in [6.45, 7) is 0. The summed E-state index contributed by atoms with van der Waals surface area (Å²) >= 11 is 3.03. The van der Waals surface area contributed by atoms with Gasteiger partial charge in [0.15, 0.2) is 11.5 Å². The number of benzene rings is 2. The Hall–Kier alpha value is -2.08. The van der Waals surface area contributed by atoms with Gasteiger partial charge in [-0.15, -0.1) is 0 Å². The number of hydrogen-bond acceptors (Lipinski definition) is 3. The highest BCUT2D eigenvalue weighted by Gasteiger charge is 2.13. The van der Waals surface area contributed by atoms with Crippen molar-refractivity contribution in [3.05, 3.63) is 52.3 Å². The van der Waals surface area contributed by atoms with Crippen LogP contribution in [0.3, 0.4) is 0 Å². The second kappa shape index (κ2) is 5.92. The number of rotatable bonds is 3. The Morgan fingerprint density at radius 1 is 1.35 bits per heavy atom. The molecule has 2 aromatic rings. The Labute approximate surface area is 123 Å². The van der Waals surface area contributed by atoms with E-state index < -0.39 is 11.7 Å². The third-order valence-electron chi connectivity index (χ3n) is 2.63. The average Bonchev–Trinajstić information content (AvgIpc) is 2.42. The van der Waals surface area contributed by atoms with Crippen LogP contribution in [0.4, 0.5) is 10.1 Å². The molecule has 0 bridgehead atoms. The van der Waals surface area contributed by atoms with Crippen LogP contribution < -0.4 is 10.1 Å². The molecule has 0 unspecified atom stereocenters. The smallest absolute Gasteiger partial charge is 0.256 e. The second-order valence-corrected chi connectivity index (χ2v) is 4.74. The van der Waals surface area contributed by atoms with E-state index in [1.807, 2.05) is 0 Å². The first-order valence-corrected chi connectivity index (χ1v) is 6.44. The Balaban J connectivity index is 2.24. The van der Waals surface area contributed by atoms with Crippen molar-refractivity contribution in [2.75, 3.05) is 12.4 Å². The van der Waals surface area contributed by atoms with E-state index in [4.69, 9.17) is 4.74 Å². The van der Waals surface area contributed by atoms with Crippen molar-refractivity contribution in [2.24, 2.45) is 0 Å². The monoisotopic (exact) mass is 339 g/mol. The molecule has 4 nitrogen and oxygen atoms in total. The SMILES string of the molecule is COc1ccc(NC(=O)c2cccc(F)c2Br)cc1O. The summed E-state index contributed by atoms with van der Waals surface area (Å²) in [5.74, 6) is -0.797. The summed E-state index contributed by atoms with van der Waals surface area (Å²) in [5.41, 5.74) is 0.546. The van der Waals surface area contributed by atoms with Crippen LogP contribution in [-0.2, 0) is 0 Å². The molecule has 6 heteroatoms. The molecule has 104 valence electrons. The highest BCUT2D eigenvalue weighted by molar-refractivity contribution is 9.10. The molecule has 0 aliphatic heterocycles. The number of carbonyl (C=O) groups excluding carboxylic acids is 1. The van der Waals surface area contributed by atoms with E-state index in [1.54, 1.807) is 6.07 Å². The zero-order valence-electron chi connectivity index (χ0n) is 10.5. The number of nitrogens with one attached hydrogen (secondary N) is 1. The number of methoxy groups -OCH3 is 1. The molecule has 0 spiro atoms. The van der Waals surface area contributed by atoms with Crippen LogP contribution in [0.15, 0.2) is 40.9 Å². The summed E-state index contributed by atoms with van der Waals surface area (Å²) in [4.78, 5) is 12.0. The molecule has 2 rings (SSSR count). The van der Waals surface area contributed by atoms with Crippen LogP contribution >= 0.6 is 15.9 Å². The van der Waals surface area contributed by atoms with Crippen molar-refractivity contribution in [3.63, 3.8) is 0 Å². The number of ether oxygens (including phenoxy) is 1. The summed E-state index contributed by atoms with van der Waals surface area (Å²) in [7, 11) is 1.43. The van der Waals surface area contributed by atoms with Gasteiger partial charge in [-0.25, -0.2) is 4.39 Å². The Bertz CT molecular complexity index is 661. The minimum absolute atomic E-state index is 0.0928. The summed E-state index contributed by atoms with van der Waals surface area (Å²) in [5, 5.41) is 12.2. The number of hydrogen-bond donors (Lipinski definition) is 2. The molecule has 0 fully saturated rings. The molecule has 0 radical (unpaired) electrons. The van der Waals surface area contributed by atoms with Crippen molar-refractivity contribution in [2.45, 2.75) is 0 Å². The number of phenolic OH excluding ortho intramolecular Hbond substituents is 1. The predicted octanol–water partition coefficient (Wildman–Crippen LogP) is 3.55. The van der Waals surface area contributed by atoms with Crippen LogP contribution in [0, 0.1) is 5.82 Å². The first kappa shape index (κ1) is 14.3. The van der Waals surface area contributed by atoms with Crippen molar-refractivity contribution in [1.29, 1.82) is 0 Å². The molecule has 2 aromatic carbocycles. The summed E-state index contributed by atoms with van der Waals surface area (Å²) in [6, 6.07) is 8.63. The average molecular weight is 340 g/mol. The molecule has 0 aromatic heterocycles. The van der Waals surface area contributed by atoms with Gasteiger partial charge in [-0.3, -0.25) is 4.79 Å². The standard InChI is InChI=1S/C14H11BrFNO3/c1-20-12-6-5-8(7-11(12)18)17-14(19)9-3-2-4-10(16)13(9)15/h2-7,18H,1H3,(H,17,19). The lowest BCUT2D eigenvalue weighted by atomic mass is 10.2. The lowest BCUT2D eigenvalue weighted by Crippen LogP contribution is -2.13. The first-order valence-electron chi connectivity index (χ1n) is 5.65. The van der Waals surface area contributed by atoms with Crippen molar-refractivity contribution >= 4 is 27.5 Å². The molecule has 2 N–H and O–H groups in total. The van der Waals surface area contributed by atoms with E-state index in [9.17, 15) is 14.3 Å². The Morgan fingerprint density at radius 2 is 2.10 bits per heavy atom. The van der Waals surface area contributed by atoms with Gasteiger partial charge >= 0.3 is 0 Å². The lowest BCUT2D eigenvalue weighted by Gasteiger charge is -2.09. The normalized spacial score (nSPS) is 10.2. The number of aromatic hydroxyl groups is 1. The molecule has 0 atom stereocenters. The molecule has 1 amide bonds. The fraction of sp³-hybridized carbons (Fsp3) is 0.0714. The van der Waals surface area contributed by atoms with Crippen molar-refractivity contribution in [3.8, 4) is 11.5 Å². The van der Waals surface area contributed by atoms with E-state index in [2.05, 4.69) is 21.2 Å². The molecule has 0 heterocycles. The third-order valence-corrected chi connectivity index (χ3v) is 3.44. The zero-order chi connectivity index (χ0) is 14.7. The number of carbonyl (C=O) groups is 1. The number of amides is 1. The maximum Gasteiger partial charge on any atom is 0.256 e. The van der Waals surface area contributed by atoms with E-state index in [0.29, 0.717) is 11.4 Å². The number of halogens is 2. The van der Waals surface area contributed by atoms with Crippen LogP contribution in [-0.4, -0.2) is 18.1 Å².